The first kappa shape index (κ1) is 11.0. The van der Waals surface area contributed by atoms with Crippen LogP contribution in [0.3, 0.4) is 0 Å². The summed E-state index contributed by atoms with van der Waals surface area (Å²) >= 11 is 7.65. The molecule has 1 aliphatic heterocycles. The summed E-state index contributed by atoms with van der Waals surface area (Å²) in [6.45, 7) is 3.50. The molecule has 1 saturated carbocycles. The van der Waals surface area contributed by atoms with E-state index in [1.165, 1.54) is 37.2 Å². The number of likely N-dealkylation sites (tertiary alicyclic amines) is 1. The van der Waals surface area contributed by atoms with Crippen LogP contribution >= 0.6 is 22.9 Å². The van der Waals surface area contributed by atoms with Gasteiger partial charge in [-0.1, -0.05) is 11.6 Å². The van der Waals surface area contributed by atoms with E-state index in [1.807, 2.05) is 5.38 Å². The summed E-state index contributed by atoms with van der Waals surface area (Å²) in [5, 5.41) is 6.51. The second-order valence-corrected chi connectivity index (χ2v) is 6.26. The summed E-state index contributed by atoms with van der Waals surface area (Å²) in [5.74, 6) is 0. The fourth-order valence-electron chi connectivity index (χ4n) is 2.42. The van der Waals surface area contributed by atoms with Crippen LogP contribution in [-0.2, 0) is 6.54 Å². The standard InChI is InChI=1S/C12H17ClN2S/c13-9-5-12(16-8-9)6-14-10-3-4-15(7-10)11-1-2-11/h5,8,10-11,14H,1-4,6-7H2. The predicted octanol–water partition coefficient (Wildman–Crippen LogP) is 2.73. The van der Waals surface area contributed by atoms with Gasteiger partial charge in [-0.05, 0) is 25.3 Å². The van der Waals surface area contributed by atoms with Crippen molar-refractivity contribution in [3.63, 3.8) is 0 Å². The van der Waals surface area contributed by atoms with Crippen molar-refractivity contribution < 1.29 is 0 Å². The van der Waals surface area contributed by atoms with Gasteiger partial charge in [0, 0.05) is 42.0 Å². The molecular weight excluding hydrogens is 240 g/mol. The normalized spacial score (nSPS) is 26.4. The summed E-state index contributed by atoms with van der Waals surface area (Å²) in [6, 6.07) is 3.66. The Balaban J connectivity index is 1.45. The first-order valence-electron chi connectivity index (χ1n) is 6.01. The molecule has 1 aliphatic carbocycles. The van der Waals surface area contributed by atoms with Crippen LogP contribution in [0.4, 0.5) is 0 Å². The maximum absolute atomic E-state index is 5.90. The molecule has 0 bridgehead atoms. The Hall–Kier alpha value is -0.0900. The van der Waals surface area contributed by atoms with Crippen LogP contribution in [0.1, 0.15) is 24.1 Å². The summed E-state index contributed by atoms with van der Waals surface area (Å²) in [5.41, 5.74) is 0. The van der Waals surface area contributed by atoms with Crippen molar-refractivity contribution in [2.24, 2.45) is 0 Å². The van der Waals surface area contributed by atoms with Gasteiger partial charge in [0.05, 0.1) is 5.02 Å². The molecule has 1 aromatic heterocycles. The Morgan fingerprint density at radius 2 is 2.31 bits per heavy atom. The van der Waals surface area contributed by atoms with Crippen molar-refractivity contribution >= 4 is 22.9 Å². The zero-order chi connectivity index (χ0) is 11.0. The molecule has 0 spiro atoms. The molecule has 4 heteroatoms. The van der Waals surface area contributed by atoms with Crippen LogP contribution in [0.15, 0.2) is 11.4 Å². The first-order chi connectivity index (χ1) is 7.81. The first-order valence-corrected chi connectivity index (χ1v) is 7.27. The van der Waals surface area contributed by atoms with E-state index in [1.54, 1.807) is 11.3 Å². The Kier molecular flexibility index (Phi) is 3.20. The maximum Gasteiger partial charge on any atom is 0.0516 e. The minimum atomic E-state index is 0.682. The quantitative estimate of drug-likeness (QED) is 0.891. The van der Waals surface area contributed by atoms with Crippen LogP contribution in [0.25, 0.3) is 0 Å². The van der Waals surface area contributed by atoms with E-state index in [0.717, 1.165) is 17.6 Å². The minimum Gasteiger partial charge on any atom is -0.308 e. The topological polar surface area (TPSA) is 15.3 Å². The second kappa shape index (κ2) is 4.65. The van der Waals surface area contributed by atoms with E-state index in [2.05, 4.69) is 16.3 Å². The molecule has 2 heterocycles. The van der Waals surface area contributed by atoms with Gasteiger partial charge in [-0.2, -0.15) is 0 Å². The largest absolute Gasteiger partial charge is 0.308 e. The molecule has 0 amide bonds. The predicted molar refractivity (Wildman–Crippen MR) is 69.2 cm³/mol. The average Bonchev–Trinajstić information content (AvgIpc) is 2.87. The van der Waals surface area contributed by atoms with Crippen molar-refractivity contribution in [1.82, 2.24) is 10.2 Å². The number of nitrogens with zero attached hydrogens (tertiary/aromatic N) is 1. The average molecular weight is 257 g/mol. The van der Waals surface area contributed by atoms with E-state index in [0.29, 0.717) is 6.04 Å². The van der Waals surface area contributed by atoms with Gasteiger partial charge in [0.1, 0.15) is 0 Å². The zero-order valence-corrected chi connectivity index (χ0v) is 10.9. The lowest BCUT2D eigenvalue weighted by Crippen LogP contribution is -2.32. The Bertz CT molecular complexity index is 362. The fourth-order valence-corrected chi connectivity index (χ4v) is 3.44. The monoisotopic (exact) mass is 256 g/mol. The molecule has 1 atom stereocenters. The summed E-state index contributed by atoms with van der Waals surface area (Å²) < 4.78 is 0. The highest BCUT2D eigenvalue weighted by atomic mass is 35.5. The minimum absolute atomic E-state index is 0.682. The van der Waals surface area contributed by atoms with Crippen molar-refractivity contribution in [2.75, 3.05) is 13.1 Å². The molecule has 0 radical (unpaired) electrons. The van der Waals surface area contributed by atoms with Crippen LogP contribution in [-0.4, -0.2) is 30.1 Å². The Morgan fingerprint density at radius 3 is 3.00 bits per heavy atom. The van der Waals surface area contributed by atoms with Crippen LogP contribution in [0.2, 0.25) is 5.02 Å². The summed E-state index contributed by atoms with van der Waals surface area (Å²) in [7, 11) is 0. The molecule has 0 aromatic carbocycles. The van der Waals surface area contributed by atoms with Crippen molar-refractivity contribution in [1.29, 1.82) is 0 Å². The Morgan fingerprint density at radius 1 is 1.44 bits per heavy atom. The molecule has 1 unspecified atom stereocenters. The lowest BCUT2D eigenvalue weighted by molar-refractivity contribution is 0.317. The fraction of sp³-hybridized carbons (Fsp3) is 0.667. The third-order valence-electron chi connectivity index (χ3n) is 3.47. The van der Waals surface area contributed by atoms with Crippen LogP contribution < -0.4 is 5.32 Å². The molecule has 1 N–H and O–H groups in total. The lowest BCUT2D eigenvalue weighted by atomic mass is 10.2. The van der Waals surface area contributed by atoms with Gasteiger partial charge >= 0.3 is 0 Å². The molecular formula is C12H17ClN2S. The highest BCUT2D eigenvalue weighted by molar-refractivity contribution is 7.10. The smallest absolute Gasteiger partial charge is 0.0516 e. The van der Waals surface area contributed by atoms with Gasteiger partial charge in [0.15, 0.2) is 0 Å². The third kappa shape index (κ3) is 2.59. The number of halogens is 1. The van der Waals surface area contributed by atoms with E-state index in [4.69, 9.17) is 11.6 Å². The number of hydrogen-bond acceptors (Lipinski definition) is 3. The van der Waals surface area contributed by atoms with E-state index < -0.39 is 0 Å². The van der Waals surface area contributed by atoms with Gasteiger partial charge in [-0.25, -0.2) is 0 Å². The molecule has 2 fully saturated rings. The molecule has 1 aromatic rings. The highest BCUT2D eigenvalue weighted by Gasteiger charge is 2.33. The van der Waals surface area contributed by atoms with E-state index in [-0.39, 0.29) is 0 Å². The van der Waals surface area contributed by atoms with Gasteiger partial charge in [0.2, 0.25) is 0 Å². The molecule has 2 aliphatic rings. The van der Waals surface area contributed by atoms with Crippen molar-refractivity contribution in [3.8, 4) is 0 Å². The van der Waals surface area contributed by atoms with Gasteiger partial charge in [-0.15, -0.1) is 11.3 Å². The maximum atomic E-state index is 5.90. The lowest BCUT2D eigenvalue weighted by Gasteiger charge is -2.15. The van der Waals surface area contributed by atoms with Crippen LogP contribution in [0, 0.1) is 0 Å². The third-order valence-corrected chi connectivity index (χ3v) is 4.75. The highest BCUT2D eigenvalue weighted by Crippen LogP contribution is 2.30. The zero-order valence-electron chi connectivity index (χ0n) is 9.29. The molecule has 88 valence electrons. The second-order valence-electron chi connectivity index (χ2n) is 4.82. The molecule has 16 heavy (non-hydrogen) atoms. The number of nitrogens with one attached hydrogen (secondary N) is 1. The molecule has 3 rings (SSSR count). The summed E-state index contributed by atoms with van der Waals surface area (Å²) in [6.07, 6.45) is 4.15. The summed E-state index contributed by atoms with van der Waals surface area (Å²) in [4.78, 5) is 3.98. The van der Waals surface area contributed by atoms with E-state index in [9.17, 15) is 0 Å². The van der Waals surface area contributed by atoms with Gasteiger partial charge in [-0.3, -0.25) is 4.90 Å². The molecule has 1 saturated heterocycles. The van der Waals surface area contributed by atoms with Gasteiger partial charge < -0.3 is 5.32 Å². The number of thiophene rings is 1. The van der Waals surface area contributed by atoms with E-state index >= 15 is 0 Å². The van der Waals surface area contributed by atoms with Crippen molar-refractivity contribution in [2.45, 2.75) is 37.9 Å². The van der Waals surface area contributed by atoms with Crippen molar-refractivity contribution in [3.05, 3.63) is 21.3 Å². The number of rotatable bonds is 4. The van der Waals surface area contributed by atoms with Gasteiger partial charge in [0.25, 0.3) is 0 Å². The SMILES string of the molecule is Clc1csc(CNC2CCN(C3CC3)C2)c1. The Labute approximate surface area is 106 Å². The number of hydrogen-bond donors (Lipinski definition) is 1. The van der Waals surface area contributed by atoms with Crippen LogP contribution in [0.5, 0.6) is 0 Å². The molecule has 2 nitrogen and oxygen atoms in total.